The van der Waals surface area contributed by atoms with E-state index in [-0.39, 0.29) is 11.9 Å². The zero-order chi connectivity index (χ0) is 27.5. The summed E-state index contributed by atoms with van der Waals surface area (Å²) in [6.45, 7) is 3.05. The minimum absolute atomic E-state index is 0.131. The van der Waals surface area contributed by atoms with Crippen molar-refractivity contribution in [1.82, 2.24) is 4.90 Å². The van der Waals surface area contributed by atoms with E-state index in [1.54, 1.807) is 17.0 Å². The fourth-order valence-corrected chi connectivity index (χ4v) is 6.62. The molecule has 0 saturated carbocycles. The molecule has 2 aliphatic rings. The number of carbonyl (C=O) groups is 1. The van der Waals surface area contributed by atoms with E-state index in [2.05, 4.69) is 16.7 Å². The highest BCUT2D eigenvalue weighted by molar-refractivity contribution is 8.19. The molecule has 5 rings (SSSR count). The van der Waals surface area contributed by atoms with Crippen LogP contribution in [0.4, 0.5) is 22.7 Å². The van der Waals surface area contributed by atoms with E-state index < -0.39 is 0 Å². The van der Waals surface area contributed by atoms with Crippen LogP contribution >= 0.6 is 23.5 Å². The number of anilines is 3. The first kappa shape index (κ1) is 26.2. The van der Waals surface area contributed by atoms with Gasteiger partial charge in [-0.1, -0.05) is 42.1 Å². The van der Waals surface area contributed by atoms with E-state index in [1.165, 1.54) is 23.5 Å². The summed E-state index contributed by atoms with van der Waals surface area (Å²) >= 11 is 2.83. The SMILES string of the molecule is CCNc1ccc(C#N)cc1N=C1SC(=C2Sc3cc(NC(=N)N)ccc3N2C)C(=O)N1Cc1ccccc1. The van der Waals surface area contributed by atoms with Gasteiger partial charge in [0, 0.05) is 24.2 Å². The van der Waals surface area contributed by atoms with Crippen LogP contribution in [-0.4, -0.2) is 35.5 Å². The highest BCUT2D eigenvalue weighted by Gasteiger charge is 2.39. The zero-order valence-corrected chi connectivity index (χ0v) is 23.0. The molecule has 1 amide bonds. The Morgan fingerprint density at radius 1 is 1.13 bits per heavy atom. The molecule has 3 aromatic rings. The average Bonchev–Trinajstić information content (AvgIpc) is 3.41. The Labute approximate surface area is 235 Å². The van der Waals surface area contributed by atoms with Crippen LogP contribution in [-0.2, 0) is 11.3 Å². The molecule has 0 unspecified atom stereocenters. The molecule has 0 aromatic heterocycles. The smallest absolute Gasteiger partial charge is 0.269 e. The average molecular weight is 555 g/mol. The number of aliphatic imine (C=N–C) groups is 1. The number of benzene rings is 3. The second-order valence-electron chi connectivity index (χ2n) is 8.76. The van der Waals surface area contributed by atoms with Crippen molar-refractivity contribution in [1.29, 1.82) is 10.7 Å². The molecule has 3 aromatic carbocycles. The lowest BCUT2D eigenvalue weighted by Crippen LogP contribution is -2.29. The number of nitrogens with one attached hydrogen (secondary N) is 3. The first-order valence-electron chi connectivity index (χ1n) is 12.2. The topological polar surface area (TPSA) is 134 Å². The predicted molar refractivity (Wildman–Crippen MR) is 160 cm³/mol. The van der Waals surface area contributed by atoms with Crippen LogP contribution in [0.1, 0.15) is 18.1 Å². The van der Waals surface area contributed by atoms with Crippen LogP contribution in [0.2, 0.25) is 0 Å². The Kier molecular flexibility index (Phi) is 7.49. The highest BCUT2D eigenvalue weighted by Crippen LogP contribution is 2.51. The number of thioether (sulfide) groups is 2. The maximum Gasteiger partial charge on any atom is 0.269 e. The maximum absolute atomic E-state index is 13.9. The molecule has 11 heteroatoms. The van der Waals surface area contributed by atoms with Crippen LogP contribution in [0.15, 0.2) is 86.6 Å². The fraction of sp³-hybridized carbons (Fsp3) is 0.143. The van der Waals surface area contributed by atoms with Crippen molar-refractivity contribution in [2.75, 3.05) is 29.1 Å². The molecule has 0 aliphatic carbocycles. The number of hydrogen-bond acceptors (Lipinski definition) is 8. The molecule has 9 nitrogen and oxygen atoms in total. The number of amides is 1. The molecule has 2 aliphatic heterocycles. The fourth-order valence-electron chi connectivity index (χ4n) is 4.25. The van der Waals surface area contributed by atoms with Gasteiger partial charge in [-0.3, -0.25) is 15.1 Å². The number of hydrogen-bond donors (Lipinski definition) is 4. The molecule has 1 saturated heterocycles. The second kappa shape index (κ2) is 11.1. The molecular weight excluding hydrogens is 528 g/mol. The summed E-state index contributed by atoms with van der Waals surface area (Å²) in [7, 11) is 1.93. The number of nitrogens with zero attached hydrogens (tertiary/aromatic N) is 4. The van der Waals surface area contributed by atoms with Gasteiger partial charge < -0.3 is 21.3 Å². The Morgan fingerprint density at radius 2 is 1.92 bits per heavy atom. The standard InChI is InChI=1S/C28H26N8OS2/c1-3-32-20-11-9-18(15-29)13-21(20)34-28-36(16-17-7-5-4-6-8-17)25(37)24(39-28)26-35(2)22-12-10-19(33-27(30)31)14-23(22)38-26/h4-14,32H,3,16H2,1-2H3,(H4,30,31,33). The van der Waals surface area contributed by atoms with Gasteiger partial charge in [0.25, 0.3) is 5.91 Å². The van der Waals surface area contributed by atoms with Crippen molar-refractivity contribution in [2.45, 2.75) is 18.4 Å². The Balaban J connectivity index is 1.57. The van der Waals surface area contributed by atoms with E-state index in [9.17, 15) is 10.1 Å². The summed E-state index contributed by atoms with van der Waals surface area (Å²) < 4.78 is 0. The van der Waals surface area contributed by atoms with Crippen molar-refractivity contribution in [3.63, 3.8) is 0 Å². The van der Waals surface area contributed by atoms with Gasteiger partial charge in [-0.25, -0.2) is 4.99 Å². The summed E-state index contributed by atoms with van der Waals surface area (Å²) in [4.78, 5) is 24.1. The molecule has 0 bridgehead atoms. The molecule has 5 N–H and O–H groups in total. The monoisotopic (exact) mass is 554 g/mol. The second-order valence-corrected chi connectivity index (χ2v) is 10.8. The molecule has 2 heterocycles. The van der Waals surface area contributed by atoms with Crippen molar-refractivity contribution >= 4 is 63.3 Å². The molecule has 0 spiro atoms. The number of rotatable bonds is 6. The summed E-state index contributed by atoms with van der Waals surface area (Å²) in [5.41, 5.74) is 10.0. The molecular formula is C28H26N8OS2. The largest absolute Gasteiger partial charge is 0.384 e. The van der Waals surface area contributed by atoms with E-state index in [0.29, 0.717) is 40.1 Å². The van der Waals surface area contributed by atoms with Crippen molar-refractivity contribution < 1.29 is 4.79 Å². The number of amidine groups is 1. The number of guanidine groups is 1. The van der Waals surface area contributed by atoms with Crippen molar-refractivity contribution in [3.05, 3.63) is 87.8 Å². The van der Waals surface area contributed by atoms with Gasteiger partial charge in [0.05, 0.1) is 40.3 Å². The quantitative estimate of drug-likeness (QED) is 0.179. The number of fused-ring (bicyclic) bond motifs is 1. The molecule has 1 fully saturated rings. The zero-order valence-electron chi connectivity index (χ0n) is 21.4. The normalized spacial score (nSPS) is 17.4. The van der Waals surface area contributed by atoms with Gasteiger partial charge in [-0.15, -0.1) is 0 Å². The van der Waals surface area contributed by atoms with E-state index in [1.807, 2.05) is 73.5 Å². The maximum atomic E-state index is 13.9. The third-order valence-corrected chi connectivity index (χ3v) is 8.48. The van der Waals surface area contributed by atoms with Gasteiger partial charge in [0.1, 0.15) is 4.91 Å². The first-order valence-corrected chi connectivity index (χ1v) is 13.8. The Hall–Kier alpha value is -4.40. The van der Waals surface area contributed by atoms with Crippen LogP contribution in [0.25, 0.3) is 0 Å². The molecule has 0 atom stereocenters. The van der Waals surface area contributed by atoms with E-state index in [0.717, 1.165) is 26.9 Å². The minimum Gasteiger partial charge on any atom is -0.384 e. The summed E-state index contributed by atoms with van der Waals surface area (Å²) in [5.74, 6) is -0.269. The lowest BCUT2D eigenvalue weighted by molar-refractivity contribution is -0.122. The van der Waals surface area contributed by atoms with Gasteiger partial charge in [-0.2, -0.15) is 5.26 Å². The lowest BCUT2D eigenvalue weighted by Gasteiger charge is -2.17. The summed E-state index contributed by atoms with van der Waals surface area (Å²) in [6.07, 6.45) is 0. The van der Waals surface area contributed by atoms with Crippen LogP contribution < -0.4 is 21.3 Å². The third-order valence-electron chi connectivity index (χ3n) is 6.06. The lowest BCUT2D eigenvalue weighted by atomic mass is 10.2. The van der Waals surface area contributed by atoms with Gasteiger partial charge in [0.15, 0.2) is 11.1 Å². The van der Waals surface area contributed by atoms with Crippen molar-refractivity contribution in [2.24, 2.45) is 10.7 Å². The molecule has 0 radical (unpaired) electrons. The first-order chi connectivity index (χ1) is 18.9. The van der Waals surface area contributed by atoms with E-state index >= 15 is 0 Å². The van der Waals surface area contributed by atoms with Gasteiger partial charge in [-0.05, 0) is 60.6 Å². The number of carbonyl (C=O) groups excluding carboxylic acids is 1. The third kappa shape index (κ3) is 5.43. The summed E-state index contributed by atoms with van der Waals surface area (Å²) in [5, 5.41) is 24.5. The van der Waals surface area contributed by atoms with Crippen molar-refractivity contribution in [3.8, 4) is 6.07 Å². The Bertz CT molecular complexity index is 1560. The van der Waals surface area contributed by atoms with Crippen LogP contribution in [0.3, 0.4) is 0 Å². The molecule has 39 heavy (non-hydrogen) atoms. The van der Waals surface area contributed by atoms with Crippen LogP contribution in [0, 0.1) is 16.7 Å². The van der Waals surface area contributed by atoms with Crippen LogP contribution in [0.5, 0.6) is 0 Å². The van der Waals surface area contributed by atoms with Gasteiger partial charge >= 0.3 is 0 Å². The van der Waals surface area contributed by atoms with Gasteiger partial charge in [0.2, 0.25) is 0 Å². The van der Waals surface area contributed by atoms with E-state index in [4.69, 9.17) is 16.1 Å². The molecule has 196 valence electrons. The predicted octanol–water partition coefficient (Wildman–Crippen LogP) is 5.47. The minimum atomic E-state index is -0.138. The number of nitrogens with two attached hydrogens (primary N) is 1. The summed E-state index contributed by atoms with van der Waals surface area (Å²) in [6, 6.07) is 23.0. The number of nitriles is 1. The highest BCUT2D eigenvalue weighted by atomic mass is 32.2. The Morgan fingerprint density at radius 3 is 2.64 bits per heavy atom.